The molecule has 1 fully saturated rings. The number of aliphatic hydroxyl groups is 1. The lowest BCUT2D eigenvalue weighted by Gasteiger charge is -2.27. The first-order valence-electron chi connectivity index (χ1n) is 14.5. The Hall–Kier alpha value is -4.57. The van der Waals surface area contributed by atoms with Crippen molar-refractivity contribution in [3.05, 3.63) is 72.3 Å². The van der Waals surface area contributed by atoms with Gasteiger partial charge in [-0.25, -0.2) is 23.0 Å². The molecule has 0 spiro atoms. The molecule has 3 amide bonds. The van der Waals surface area contributed by atoms with Crippen molar-refractivity contribution in [1.29, 1.82) is 0 Å². The second-order valence-electron chi connectivity index (χ2n) is 10.7. The van der Waals surface area contributed by atoms with Crippen LogP contribution in [0.5, 0.6) is 0 Å². The van der Waals surface area contributed by atoms with E-state index in [9.17, 15) is 32.7 Å². The molecule has 1 saturated heterocycles. The summed E-state index contributed by atoms with van der Waals surface area (Å²) in [7, 11) is -0.483. The van der Waals surface area contributed by atoms with Crippen LogP contribution in [-0.4, -0.2) is 94.4 Å². The fourth-order valence-electron chi connectivity index (χ4n) is 5.02. The van der Waals surface area contributed by atoms with Crippen LogP contribution in [0.1, 0.15) is 18.9 Å². The number of anilines is 1. The number of aliphatic hydroxyl groups excluding tert-OH is 1. The van der Waals surface area contributed by atoms with E-state index in [2.05, 4.69) is 15.4 Å². The van der Waals surface area contributed by atoms with E-state index in [0.29, 0.717) is 21.4 Å². The standard InChI is InChI=1S/C31H37N5O9S/c1-4-44-29(39)19-32-30(40)25-17-28(38)45-36(25)31(41)23(16-20-10-6-5-7-11-20)34-27(37)18-33-46(42,43)26-15-9-12-21-22(26)13-8-14-24(21)35(2)3/h5-15,23,25,28,33,38H,4,16-19H2,1-3H3,(H,32,40)(H,34,37)/t23-,25-,28?/m0/s1. The van der Waals surface area contributed by atoms with Crippen molar-refractivity contribution in [3.8, 4) is 0 Å². The molecular weight excluding hydrogens is 618 g/mol. The second kappa shape index (κ2) is 15.1. The molecule has 3 aromatic carbocycles. The first kappa shape index (κ1) is 34.3. The van der Waals surface area contributed by atoms with E-state index in [1.807, 2.05) is 25.1 Å². The van der Waals surface area contributed by atoms with E-state index >= 15 is 0 Å². The molecule has 4 N–H and O–H groups in total. The molecule has 0 bridgehead atoms. The highest BCUT2D eigenvalue weighted by Gasteiger charge is 2.43. The second-order valence-corrected chi connectivity index (χ2v) is 12.4. The smallest absolute Gasteiger partial charge is 0.325 e. The molecule has 15 heteroatoms. The number of carbonyl (C=O) groups excluding carboxylic acids is 4. The molecule has 0 saturated carbocycles. The maximum absolute atomic E-state index is 13.7. The van der Waals surface area contributed by atoms with E-state index < -0.39 is 65.2 Å². The predicted octanol–water partition coefficient (Wildman–Crippen LogP) is 0.442. The van der Waals surface area contributed by atoms with Crippen molar-refractivity contribution in [3.63, 3.8) is 0 Å². The zero-order valence-corrected chi connectivity index (χ0v) is 26.5. The lowest BCUT2D eigenvalue weighted by Crippen LogP contribution is -2.55. The van der Waals surface area contributed by atoms with E-state index in [-0.39, 0.29) is 24.3 Å². The highest BCUT2D eigenvalue weighted by molar-refractivity contribution is 7.89. The van der Waals surface area contributed by atoms with E-state index in [1.165, 1.54) is 6.07 Å². The molecule has 46 heavy (non-hydrogen) atoms. The summed E-state index contributed by atoms with van der Waals surface area (Å²) >= 11 is 0. The van der Waals surface area contributed by atoms with Crippen LogP contribution in [0, 0.1) is 0 Å². The number of nitrogens with one attached hydrogen (secondary N) is 3. The number of carbonyl (C=O) groups is 4. The van der Waals surface area contributed by atoms with Crippen molar-refractivity contribution >= 4 is 50.2 Å². The summed E-state index contributed by atoms with van der Waals surface area (Å²) in [4.78, 5) is 58.5. The van der Waals surface area contributed by atoms with Crippen LogP contribution in [0.4, 0.5) is 5.69 Å². The number of hydroxylamine groups is 2. The van der Waals surface area contributed by atoms with Gasteiger partial charge >= 0.3 is 5.97 Å². The highest BCUT2D eigenvalue weighted by Crippen LogP contribution is 2.30. The van der Waals surface area contributed by atoms with Gasteiger partial charge in [0.2, 0.25) is 21.8 Å². The minimum absolute atomic E-state index is 0.0189. The minimum Gasteiger partial charge on any atom is -0.465 e. The quantitative estimate of drug-likeness (QED) is 0.189. The van der Waals surface area contributed by atoms with Gasteiger partial charge in [0.05, 0.1) is 18.0 Å². The number of nitrogens with zero attached hydrogens (tertiary/aromatic N) is 2. The maximum Gasteiger partial charge on any atom is 0.325 e. The average molecular weight is 656 g/mol. The molecule has 1 heterocycles. The number of fused-ring (bicyclic) bond motifs is 1. The van der Waals surface area contributed by atoms with Crippen molar-refractivity contribution in [1.82, 2.24) is 20.4 Å². The highest BCUT2D eigenvalue weighted by atomic mass is 32.2. The van der Waals surface area contributed by atoms with E-state index in [4.69, 9.17) is 9.57 Å². The zero-order chi connectivity index (χ0) is 33.4. The number of ether oxygens (including phenoxy) is 1. The monoisotopic (exact) mass is 655 g/mol. The van der Waals surface area contributed by atoms with Gasteiger partial charge in [-0.15, -0.1) is 0 Å². The summed E-state index contributed by atoms with van der Waals surface area (Å²) in [5, 5.41) is 16.9. The Morgan fingerprint density at radius 2 is 1.70 bits per heavy atom. The normalized spacial score (nSPS) is 16.9. The molecule has 1 aliphatic heterocycles. The van der Waals surface area contributed by atoms with Crippen LogP contribution < -0.4 is 20.3 Å². The van der Waals surface area contributed by atoms with Gasteiger partial charge in [0.1, 0.15) is 18.6 Å². The molecule has 0 radical (unpaired) electrons. The SMILES string of the molecule is CCOC(=O)CNC(=O)[C@@H]1CC(O)ON1C(=O)[C@H](Cc1ccccc1)NC(=O)CNS(=O)(=O)c1cccc2c(N(C)C)cccc12. The van der Waals surface area contributed by atoms with Gasteiger partial charge in [0, 0.05) is 43.4 Å². The topological polar surface area (TPSA) is 184 Å². The van der Waals surface area contributed by atoms with Crippen molar-refractivity contribution in [2.24, 2.45) is 0 Å². The fourth-order valence-corrected chi connectivity index (χ4v) is 6.22. The summed E-state index contributed by atoms with van der Waals surface area (Å²) < 4.78 is 33.8. The lowest BCUT2D eigenvalue weighted by molar-refractivity contribution is -0.223. The van der Waals surface area contributed by atoms with Crippen LogP contribution in [0.25, 0.3) is 10.8 Å². The summed E-state index contributed by atoms with van der Waals surface area (Å²) in [5.74, 6) is -3.15. The number of rotatable bonds is 13. The molecule has 4 rings (SSSR count). The maximum atomic E-state index is 13.7. The summed E-state index contributed by atoms with van der Waals surface area (Å²) in [5.41, 5.74) is 1.47. The first-order chi connectivity index (χ1) is 21.9. The number of hydrogen-bond donors (Lipinski definition) is 4. The number of sulfonamides is 1. The molecule has 0 aliphatic carbocycles. The lowest BCUT2D eigenvalue weighted by atomic mass is 10.0. The van der Waals surface area contributed by atoms with E-state index in [0.717, 1.165) is 5.69 Å². The Balaban J connectivity index is 1.51. The van der Waals surface area contributed by atoms with Crippen LogP contribution in [0.3, 0.4) is 0 Å². The Morgan fingerprint density at radius 3 is 2.39 bits per heavy atom. The van der Waals surface area contributed by atoms with Crippen molar-refractivity contribution in [2.45, 2.75) is 43.0 Å². The van der Waals surface area contributed by atoms with Gasteiger partial charge in [0.15, 0.2) is 6.29 Å². The minimum atomic E-state index is -4.17. The predicted molar refractivity (Wildman–Crippen MR) is 168 cm³/mol. The van der Waals surface area contributed by atoms with E-state index in [1.54, 1.807) is 61.5 Å². The first-order valence-corrected chi connectivity index (χ1v) is 16.0. The van der Waals surface area contributed by atoms with Crippen LogP contribution >= 0.6 is 0 Å². The largest absolute Gasteiger partial charge is 0.465 e. The Kier molecular flexibility index (Phi) is 11.3. The molecule has 1 unspecified atom stereocenters. The molecule has 1 aliphatic rings. The zero-order valence-electron chi connectivity index (χ0n) is 25.6. The van der Waals surface area contributed by atoms with Gasteiger partial charge in [-0.2, -0.15) is 0 Å². The van der Waals surface area contributed by atoms with Gasteiger partial charge in [-0.1, -0.05) is 54.6 Å². The summed E-state index contributed by atoms with van der Waals surface area (Å²) in [6, 6.07) is 16.2. The third-order valence-corrected chi connectivity index (χ3v) is 8.60. The number of hydrogen-bond acceptors (Lipinski definition) is 10. The van der Waals surface area contributed by atoms with Crippen LogP contribution in [0.2, 0.25) is 0 Å². The van der Waals surface area contributed by atoms with Crippen molar-refractivity contribution in [2.75, 3.05) is 38.7 Å². The Bertz CT molecular complexity index is 1680. The number of amides is 3. The van der Waals surface area contributed by atoms with Crippen molar-refractivity contribution < 1.29 is 42.3 Å². The third-order valence-electron chi connectivity index (χ3n) is 7.14. The van der Waals surface area contributed by atoms with Gasteiger partial charge < -0.3 is 25.4 Å². The van der Waals surface area contributed by atoms with Gasteiger partial charge in [-0.05, 0) is 24.6 Å². The summed E-state index contributed by atoms with van der Waals surface area (Å²) in [6.07, 6.45) is -1.83. The molecule has 14 nitrogen and oxygen atoms in total. The molecule has 0 aromatic heterocycles. The Morgan fingerprint density at radius 1 is 1.00 bits per heavy atom. The third kappa shape index (κ3) is 8.37. The fraction of sp³-hybridized carbons (Fsp3) is 0.355. The summed E-state index contributed by atoms with van der Waals surface area (Å²) in [6.45, 7) is 0.565. The van der Waals surface area contributed by atoms with Crippen LogP contribution in [0.15, 0.2) is 71.6 Å². The van der Waals surface area contributed by atoms with Gasteiger partial charge in [0.25, 0.3) is 5.91 Å². The Labute approximate surface area is 266 Å². The number of esters is 1. The molecule has 246 valence electrons. The van der Waals surface area contributed by atoms with Crippen LogP contribution in [-0.2, 0) is 45.2 Å². The molecule has 3 atom stereocenters. The number of benzene rings is 3. The average Bonchev–Trinajstić information content (AvgIpc) is 3.43. The molecule has 3 aromatic rings. The molecular formula is C31H37N5O9S. The van der Waals surface area contributed by atoms with Gasteiger partial charge in [-0.3, -0.25) is 19.2 Å².